The Hall–Kier alpha value is -2.83. The molecule has 29 heavy (non-hydrogen) atoms. The van der Waals surface area contributed by atoms with Gasteiger partial charge in [0.1, 0.15) is 5.60 Å². The molecular weight excluding hydrogens is 372 g/mol. The summed E-state index contributed by atoms with van der Waals surface area (Å²) in [6.45, 7) is 8.67. The van der Waals surface area contributed by atoms with Gasteiger partial charge in [-0.1, -0.05) is 12.1 Å². The third kappa shape index (κ3) is 4.78. The highest BCUT2D eigenvalue weighted by Gasteiger charge is 2.45. The van der Waals surface area contributed by atoms with Crippen molar-refractivity contribution in [2.24, 2.45) is 11.8 Å². The Morgan fingerprint density at radius 3 is 2.41 bits per heavy atom. The standard InChI is InChI=1S/C22H28N2O5/c1-14(20(26)27)11-15-5-7-17(8-6-15)24-13-16-12-23(10-9-18(16)19(24)25)21(28)29-22(2,3)4/h5-8,11,16,18H,9-10,12-13H2,1-4H3,(H,26,27)/b14-11+/t16-,18-/m0/s1. The molecule has 0 radical (unpaired) electrons. The van der Waals surface area contributed by atoms with Gasteiger partial charge in [-0.15, -0.1) is 0 Å². The average molecular weight is 400 g/mol. The van der Waals surface area contributed by atoms with Gasteiger partial charge in [0.2, 0.25) is 5.91 Å². The van der Waals surface area contributed by atoms with E-state index in [2.05, 4.69) is 0 Å². The number of likely N-dealkylation sites (tertiary alicyclic amines) is 1. The Morgan fingerprint density at radius 1 is 1.17 bits per heavy atom. The lowest BCUT2D eigenvalue weighted by Gasteiger charge is -2.34. The molecule has 3 rings (SSSR count). The van der Waals surface area contributed by atoms with Gasteiger partial charge in [0.25, 0.3) is 0 Å². The predicted octanol–water partition coefficient (Wildman–Crippen LogP) is 3.39. The average Bonchev–Trinajstić information content (AvgIpc) is 2.97. The van der Waals surface area contributed by atoms with Gasteiger partial charge in [0.15, 0.2) is 0 Å². The fraction of sp³-hybridized carbons (Fsp3) is 0.500. The molecule has 0 aromatic heterocycles. The van der Waals surface area contributed by atoms with Crippen molar-refractivity contribution in [3.63, 3.8) is 0 Å². The summed E-state index contributed by atoms with van der Waals surface area (Å²) < 4.78 is 5.47. The lowest BCUT2D eigenvalue weighted by molar-refractivity contribution is -0.132. The Morgan fingerprint density at radius 2 is 1.83 bits per heavy atom. The van der Waals surface area contributed by atoms with Gasteiger partial charge >= 0.3 is 12.1 Å². The van der Waals surface area contributed by atoms with Crippen LogP contribution in [0.5, 0.6) is 0 Å². The third-order valence-electron chi connectivity index (χ3n) is 5.31. The Labute approximate surface area is 170 Å². The molecule has 0 aliphatic carbocycles. The number of nitrogens with zero attached hydrogens (tertiary/aromatic N) is 2. The van der Waals surface area contributed by atoms with Crippen LogP contribution in [-0.4, -0.2) is 53.2 Å². The first-order chi connectivity index (χ1) is 13.5. The zero-order valence-corrected chi connectivity index (χ0v) is 17.3. The molecule has 2 aliphatic rings. The number of ether oxygens (including phenoxy) is 1. The van der Waals surface area contributed by atoms with Crippen LogP contribution in [0.1, 0.15) is 39.7 Å². The van der Waals surface area contributed by atoms with Crippen molar-refractivity contribution in [3.8, 4) is 0 Å². The molecule has 2 heterocycles. The molecule has 2 fully saturated rings. The monoisotopic (exact) mass is 400 g/mol. The molecule has 2 atom stereocenters. The van der Waals surface area contributed by atoms with Crippen molar-refractivity contribution in [1.82, 2.24) is 4.90 Å². The SMILES string of the molecule is C/C(=C\c1ccc(N2C[C@@H]3CN(C(=O)OC(C)(C)C)CC[C@@H]3C2=O)cc1)C(=O)O. The summed E-state index contributed by atoms with van der Waals surface area (Å²) in [6.07, 6.45) is 1.90. The number of benzene rings is 1. The van der Waals surface area contributed by atoms with Crippen molar-refractivity contribution in [1.29, 1.82) is 0 Å². The van der Waals surface area contributed by atoms with Crippen molar-refractivity contribution in [2.75, 3.05) is 24.5 Å². The van der Waals surface area contributed by atoms with E-state index in [1.54, 1.807) is 22.8 Å². The Balaban J connectivity index is 1.68. The maximum absolute atomic E-state index is 12.9. The number of carbonyl (C=O) groups is 3. The second-order valence-electron chi connectivity index (χ2n) is 8.75. The van der Waals surface area contributed by atoms with Crippen LogP contribution < -0.4 is 4.90 Å². The predicted molar refractivity (Wildman–Crippen MR) is 109 cm³/mol. The van der Waals surface area contributed by atoms with E-state index < -0.39 is 11.6 Å². The Bertz CT molecular complexity index is 838. The molecule has 0 spiro atoms. The van der Waals surface area contributed by atoms with Gasteiger partial charge < -0.3 is 19.6 Å². The van der Waals surface area contributed by atoms with Crippen molar-refractivity contribution in [3.05, 3.63) is 35.4 Å². The van der Waals surface area contributed by atoms with Crippen molar-refractivity contribution in [2.45, 2.75) is 39.7 Å². The summed E-state index contributed by atoms with van der Waals surface area (Å²) in [7, 11) is 0. The van der Waals surface area contributed by atoms with Crippen LogP contribution >= 0.6 is 0 Å². The first-order valence-corrected chi connectivity index (χ1v) is 9.86. The number of hydrogen-bond acceptors (Lipinski definition) is 4. The van der Waals surface area contributed by atoms with Crippen LogP contribution in [0.2, 0.25) is 0 Å². The number of hydrogen-bond donors (Lipinski definition) is 1. The number of fused-ring (bicyclic) bond motifs is 1. The van der Waals surface area contributed by atoms with Gasteiger partial charge in [-0.05, 0) is 57.9 Å². The lowest BCUT2D eigenvalue weighted by Crippen LogP contribution is -2.46. The summed E-state index contributed by atoms with van der Waals surface area (Å²) >= 11 is 0. The van der Waals surface area contributed by atoms with E-state index in [4.69, 9.17) is 9.84 Å². The Kier molecular flexibility index (Phi) is 5.68. The van der Waals surface area contributed by atoms with Crippen molar-refractivity contribution >= 4 is 29.7 Å². The molecule has 2 saturated heterocycles. The summed E-state index contributed by atoms with van der Waals surface area (Å²) in [4.78, 5) is 39.7. The second-order valence-corrected chi connectivity index (χ2v) is 8.75. The molecule has 7 nitrogen and oxygen atoms in total. The van der Waals surface area contributed by atoms with Crippen LogP contribution in [0.25, 0.3) is 6.08 Å². The van der Waals surface area contributed by atoms with E-state index in [1.165, 1.54) is 0 Å². The molecule has 1 aromatic rings. The quantitative estimate of drug-likeness (QED) is 0.786. The molecule has 0 saturated carbocycles. The molecule has 156 valence electrons. The first-order valence-electron chi connectivity index (χ1n) is 9.86. The summed E-state index contributed by atoms with van der Waals surface area (Å²) in [5.74, 6) is -0.869. The van der Waals surface area contributed by atoms with E-state index in [9.17, 15) is 14.4 Å². The highest BCUT2D eigenvalue weighted by molar-refractivity contribution is 5.98. The van der Waals surface area contributed by atoms with E-state index >= 15 is 0 Å². The normalized spacial score (nSPS) is 22.5. The number of aliphatic carboxylic acids is 1. The fourth-order valence-electron chi connectivity index (χ4n) is 3.85. The number of piperidine rings is 1. The van der Waals surface area contributed by atoms with E-state index in [0.717, 1.165) is 11.3 Å². The van der Waals surface area contributed by atoms with E-state index in [1.807, 2.05) is 45.0 Å². The highest BCUT2D eigenvalue weighted by Crippen LogP contribution is 2.35. The first kappa shape index (κ1) is 20.9. The molecule has 2 amide bonds. The lowest BCUT2D eigenvalue weighted by atomic mass is 9.88. The molecule has 0 unspecified atom stereocenters. The van der Waals surface area contributed by atoms with Crippen LogP contribution in [0.4, 0.5) is 10.5 Å². The van der Waals surface area contributed by atoms with Gasteiger partial charge in [-0.2, -0.15) is 0 Å². The third-order valence-corrected chi connectivity index (χ3v) is 5.31. The maximum atomic E-state index is 12.9. The minimum absolute atomic E-state index is 0.0810. The van der Waals surface area contributed by atoms with Gasteiger partial charge in [0.05, 0.1) is 0 Å². The number of carboxylic acids is 1. The zero-order valence-electron chi connectivity index (χ0n) is 17.3. The topological polar surface area (TPSA) is 87.2 Å². The number of anilines is 1. The van der Waals surface area contributed by atoms with Crippen LogP contribution in [0.15, 0.2) is 29.8 Å². The van der Waals surface area contributed by atoms with Gasteiger partial charge in [0, 0.05) is 42.7 Å². The molecular formula is C22H28N2O5. The molecule has 1 N–H and O–H groups in total. The van der Waals surface area contributed by atoms with Gasteiger partial charge in [-0.3, -0.25) is 4.79 Å². The number of carboxylic acid groups (broad SMARTS) is 1. The minimum Gasteiger partial charge on any atom is -0.478 e. The number of rotatable bonds is 3. The second kappa shape index (κ2) is 7.89. The van der Waals surface area contributed by atoms with E-state index in [-0.39, 0.29) is 29.4 Å². The van der Waals surface area contributed by atoms with Gasteiger partial charge in [-0.25, -0.2) is 9.59 Å². The molecule has 0 bridgehead atoms. The molecule has 2 aliphatic heterocycles. The molecule has 7 heteroatoms. The minimum atomic E-state index is -0.956. The summed E-state index contributed by atoms with van der Waals surface area (Å²) in [5.41, 5.74) is 1.27. The van der Waals surface area contributed by atoms with Crippen LogP contribution in [0, 0.1) is 11.8 Å². The van der Waals surface area contributed by atoms with Crippen molar-refractivity contribution < 1.29 is 24.2 Å². The smallest absolute Gasteiger partial charge is 0.410 e. The zero-order chi connectivity index (χ0) is 21.3. The molecule has 1 aromatic carbocycles. The number of amides is 2. The highest BCUT2D eigenvalue weighted by atomic mass is 16.6. The number of carbonyl (C=O) groups excluding carboxylic acids is 2. The largest absolute Gasteiger partial charge is 0.478 e. The van der Waals surface area contributed by atoms with Crippen LogP contribution in [-0.2, 0) is 14.3 Å². The summed E-state index contributed by atoms with van der Waals surface area (Å²) in [5, 5.41) is 8.99. The maximum Gasteiger partial charge on any atom is 0.410 e. The summed E-state index contributed by atoms with van der Waals surface area (Å²) in [6, 6.07) is 7.29. The van der Waals surface area contributed by atoms with E-state index in [0.29, 0.717) is 26.1 Å². The fourth-order valence-corrected chi connectivity index (χ4v) is 3.85. The van der Waals surface area contributed by atoms with Crippen LogP contribution in [0.3, 0.4) is 0 Å².